The molecule has 2 aromatic rings. The van der Waals surface area contributed by atoms with E-state index in [0.29, 0.717) is 27.2 Å². The molecule has 1 saturated heterocycles. The maximum absolute atomic E-state index is 13.2. The summed E-state index contributed by atoms with van der Waals surface area (Å²) in [6.45, 7) is 0. The number of carbonyl (C=O) groups is 2. The molecule has 5 nitrogen and oxygen atoms in total. The molecular weight excluding hydrogens is 417 g/mol. The van der Waals surface area contributed by atoms with Crippen molar-refractivity contribution in [3.8, 4) is 6.07 Å². The normalized spacial score (nSPS) is 18.0. The van der Waals surface area contributed by atoms with Crippen LogP contribution < -0.4 is 10.2 Å². The minimum atomic E-state index is -0.542. The van der Waals surface area contributed by atoms with Gasteiger partial charge in [-0.3, -0.25) is 14.5 Å². The fourth-order valence-electron chi connectivity index (χ4n) is 2.83. The second-order valence-corrected chi connectivity index (χ2v) is 7.88. The number of amides is 2. The first-order valence-corrected chi connectivity index (χ1v) is 9.96. The van der Waals surface area contributed by atoms with E-state index < -0.39 is 11.2 Å². The number of likely N-dealkylation sites (N-methyl/N-ethyl adjacent to an activating group) is 1. The summed E-state index contributed by atoms with van der Waals surface area (Å²) in [5.74, 6) is -0.765. The van der Waals surface area contributed by atoms with Crippen molar-refractivity contribution in [2.75, 3.05) is 11.9 Å². The molecule has 1 heterocycles. The van der Waals surface area contributed by atoms with Gasteiger partial charge in [0.2, 0.25) is 5.91 Å². The van der Waals surface area contributed by atoms with Crippen LogP contribution in [0, 0.1) is 11.3 Å². The summed E-state index contributed by atoms with van der Waals surface area (Å²) in [4.78, 5) is 26.8. The van der Waals surface area contributed by atoms with Crippen LogP contribution in [0.5, 0.6) is 0 Å². The molecule has 0 unspecified atom stereocenters. The molecule has 0 bridgehead atoms. The second-order valence-electron chi connectivity index (χ2n) is 5.90. The Morgan fingerprint density at radius 1 is 1.21 bits per heavy atom. The van der Waals surface area contributed by atoms with Crippen molar-refractivity contribution < 1.29 is 9.59 Å². The Labute approximate surface area is 176 Å². The van der Waals surface area contributed by atoms with E-state index in [4.69, 9.17) is 23.2 Å². The lowest BCUT2D eigenvalue weighted by molar-refractivity contribution is -0.117. The third kappa shape index (κ3) is 3.88. The summed E-state index contributed by atoms with van der Waals surface area (Å²) in [6.07, 6.45) is 0.322. The fourth-order valence-corrected chi connectivity index (χ4v) is 4.52. The Hall–Kier alpha value is -2.46. The zero-order valence-corrected chi connectivity index (χ0v) is 17.1. The monoisotopic (exact) mass is 431 g/mol. The van der Waals surface area contributed by atoms with E-state index in [1.165, 1.54) is 23.7 Å². The Kier molecular flexibility index (Phi) is 6.30. The van der Waals surface area contributed by atoms with E-state index in [9.17, 15) is 14.9 Å². The number of halogens is 2. The molecule has 8 heteroatoms. The van der Waals surface area contributed by atoms with Gasteiger partial charge in [-0.1, -0.05) is 65.3 Å². The van der Waals surface area contributed by atoms with Gasteiger partial charge in [0.25, 0.3) is 5.91 Å². The summed E-state index contributed by atoms with van der Waals surface area (Å²) in [5.41, 5.74) is 1.21. The lowest BCUT2D eigenvalue weighted by Gasteiger charge is -2.18. The van der Waals surface area contributed by atoms with E-state index >= 15 is 0 Å². The molecule has 142 valence electrons. The minimum Gasteiger partial charge on any atom is -0.354 e. The summed E-state index contributed by atoms with van der Waals surface area (Å²) in [6, 6.07) is 16.1. The van der Waals surface area contributed by atoms with Gasteiger partial charge in [0, 0.05) is 12.7 Å². The number of nitrogens with one attached hydrogen (secondary N) is 1. The number of nitriles is 1. The van der Waals surface area contributed by atoms with Crippen LogP contribution in [0.3, 0.4) is 0 Å². The summed E-state index contributed by atoms with van der Waals surface area (Å²) >= 11 is 13.5. The van der Waals surface area contributed by atoms with Gasteiger partial charge in [-0.2, -0.15) is 5.26 Å². The van der Waals surface area contributed by atoms with Crippen LogP contribution in [0.1, 0.15) is 5.56 Å². The van der Waals surface area contributed by atoms with Crippen molar-refractivity contribution in [3.63, 3.8) is 0 Å². The summed E-state index contributed by atoms with van der Waals surface area (Å²) < 4.78 is 0. The quantitative estimate of drug-likeness (QED) is 0.582. The molecule has 2 amide bonds. The lowest BCUT2D eigenvalue weighted by atomic mass is 10.1. The molecule has 1 aliphatic rings. The van der Waals surface area contributed by atoms with Crippen LogP contribution in [-0.2, 0) is 16.0 Å². The van der Waals surface area contributed by atoms with E-state index in [2.05, 4.69) is 5.32 Å². The van der Waals surface area contributed by atoms with Crippen molar-refractivity contribution in [1.82, 2.24) is 5.32 Å². The van der Waals surface area contributed by atoms with Gasteiger partial charge in [0.15, 0.2) is 0 Å². The van der Waals surface area contributed by atoms with Crippen LogP contribution in [0.15, 0.2) is 59.1 Å². The van der Waals surface area contributed by atoms with Gasteiger partial charge in [-0.05, 0) is 30.2 Å². The van der Waals surface area contributed by atoms with Crippen molar-refractivity contribution in [2.24, 2.45) is 0 Å². The van der Waals surface area contributed by atoms with Crippen LogP contribution in [0.25, 0.3) is 0 Å². The van der Waals surface area contributed by atoms with Gasteiger partial charge in [-0.25, -0.2) is 0 Å². The van der Waals surface area contributed by atoms with E-state index in [0.717, 1.165) is 5.56 Å². The molecule has 0 radical (unpaired) electrons. The van der Waals surface area contributed by atoms with Crippen molar-refractivity contribution in [3.05, 3.63) is 74.7 Å². The molecule has 2 aromatic carbocycles. The minimum absolute atomic E-state index is 0.107. The van der Waals surface area contributed by atoms with Gasteiger partial charge >= 0.3 is 0 Å². The highest BCUT2D eigenvalue weighted by atomic mass is 35.5. The molecule has 0 aromatic heterocycles. The highest BCUT2D eigenvalue weighted by molar-refractivity contribution is 8.05. The third-order valence-electron chi connectivity index (χ3n) is 4.18. The zero-order valence-electron chi connectivity index (χ0n) is 14.8. The molecule has 0 spiro atoms. The van der Waals surface area contributed by atoms with Crippen LogP contribution in [0.4, 0.5) is 5.69 Å². The highest BCUT2D eigenvalue weighted by Crippen LogP contribution is 2.42. The Balaban J connectivity index is 2.05. The van der Waals surface area contributed by atoms with Gasteiger partial charge in [0.05, 0.1) is 15.3 Å². The first kappa shape index (κ1) is 20.3. The number of nitrogens with zero attached hydrogens (tertiary/aromatic N) is 2. The molecular formula is C20H15Cl2N3O2S. The number of benzene rings is 2. The molecule has 1 atom stereocenters. The number of hydrogen-bond donors (Lipinski definition) is 1. The fraction of sp³-hybridized carbons (Fsp3) is 0.150. The maximum Gasteiger partial charge on any atom is 0.264 e. The molecule has 1 aliphatic heterocycles. The SMILES string of the molecule is CNC(=O)/C(C#N)=C1\S[C@@H](Cc2cccc(Cl)c2Cl)C(=O)N1c1ccccc1. The number of anilines is 1. The van der Waals surface area contributed by atoms with Crippen molar-refractivity contribution in [2.45, 2.75) is 11.7 Å². The zero-order chi connectivity index (χ0) is 20.3. The van der Waals surface area contributed by atoms with E-state index in [1.807, 2.05) is 12.1 Å². The largest absolute Gasteiger partial charge is 0.354 e. The van der Waals surface area contributed by atoms with Crippen molar-refractivity contribution in [1.29, 1.82) is 5.26 Å². The third-order valence-corrected chi connectivity index (χ3v) is 6.30. The Morgan fingerprint density at radius 2 is 1.93 bits per heavy atom. The van der Waals surface area contributed by atoms with Gasteiger partial charge in [-0.15, -0.1) is 0 Å². The predicted molar refractivity (Wildman–Crippen MR) is 112 cm³/mol. The van der Waals surface area contributed by atoms with Gasteiger partial charge < -0.3 is 5.32 Å². The molecule has 1 fully saturated rings. The molecule has 3 rings (SSSR count). The first-order valence-electron chi connectivity index (χ1n) is 8.33. The van der Waals surface area contributed by atoms with Gasteiger partial charge in [0.1, 0.15) is 16.7 Å². The smallest absolute Gasteiger partial charge is 0.264 e. The Morgan fingerprint density at radius 3 is 2.57 bits per heavy atom. The molecule has 1 N–H and O–H groups in total. The Bertz CT molecular complexity index is 1000. The number of hydrogen-bond acceptors (Lipinski definition) is 4. The number of carbonyl (C=O) groups excluding carboxylic acids is 2. The topological polar surface area (TPSA) is 73.2 Å². The molecule has 28 heavy (non-hydrogen) atoms. The molecule has 0 aliphatic carbocycles. The predicted octanol–water partition coefficient (Wildman–Crippen LogP) is 4.17. The molecule has 0 saturated carbocycles. The van der Waals surface area contributed by atoms with Crippen LogP contribution in [0.2, 0.25) is 10.0 Å². The maximum atomic E-state index is 13.2. The standard InChI is InChI=1S/C20H15Cl2N3O2S/c1-24-18(26)14(11-23)20-25(13-7-3-2-4-8-13)19(27)16(28-20)10-12-6-5-9-15(21)17(12)22/h2-9,16H,10H2,1H3,(H,24,26)/b20-14-/t16-/m0/s1. The van der Waals surface area contributed by atoms with Crippen LogP contribution >= 0.6 is 35.0 Å². The highest BCUT2D eigenvalue weighted by Gasteiger charge is 2.40. The average molecular weight is 432 g/mol. The number of thioether (sulfide) groups is 1. The van der Waals surface area contributed by atoms with E-state index in [1.54, 1.807) is 42.5 Å². The lowest BCUT2D eigenvalue weighted by Crippen LogP contribution is -2.31. The first-order chi connectivity index (χ1) is 13.5. The number of para-hydroxylation sites is 1. The van der Waals surface area contributed by atoms with Crippen LogP contribution in [-0.4, -0.2) is 24.1 Å². The average Bonchev–Trinajstić information content (AvgIpc) is 3.02. The number of rotatable bonds is 4. The van der Waals surface area contributed by atoms with Crippen molar-refractivity contribution >= 4 is 52.5 Å². The summed E-state index contributed by atoms with van der Waals surface area (Å²) in [7, 11) is 1.44. The summed E-state index contributed by atoms with van der Waals surface area (Å²) in [5, 5.41) is 12.6. The van der Waals surface area contributed by atoms with E-state index in [-0.39, 0.29) is 11.5 Å². The second kappa shape index (κ2) is 8.70.